The average Bonchev–Trinajstić information content (AvgIpc) is 3.21. The van der Waals surface area contributed by atoms with E-state index in [9.17, 15) is 19.8 Å². The zero-order chi connectivity index (χ0) is 27.2. The molecule has 0 saturated carbocycles. The van der Waals surface area contributed by atoms with Crippen molar-refractivity contribution < 1.29 is 29.3 Å². The quantitative estimate of drug-likeness (QED) is 0.223. The van der Waals surface area contributed by atoms with E-state index in [4.69, 9.17) is 9.47 Å². The Hall–Kier alpha value is -4.10. The number of carboxylic acid groups (broad SMARTS) is 2. The number of aryl methyl sites for hydroxylation is 1. The molecule has 0 aliphatic heterocycles. The third kappa shape index (κ3) is 3.77. The maximum Gasteiger partial charge on any atom is 0.339 e. The summed E-state index contributed by atoms with van der Waals surface area (Å²) in [5.74, 6) is -1.75. The molecular formula is C31H25BrO6. The Labute approximate surface area is 228 Å². The number of carboxylic acids is 2. The van der Waals surface area contributed by atoms with Gasteiger partial charge in [0.1, 0.15) is 22.6 Å². The molecule has 0 heterocycles. The van der Waals surface area contributed by atoms with Gasteiger partial charge >= 0.3 is 11.9 Å². The molecule has 0 atom stereocenters. The van der Waals surface area contributed by atoms with Gasteiger partial charge in [-0.25, -0.2) is 9.59 Å². The first kappa shape index (κ1) is 25.5. The molecular weight excluding hydrogens is 548 g/mol. The van der Waals surface area contributed by atoms with Crippen LogP contribution in [0.5, 0.6) is 11.5 Å². The predicted molar refractivity (Wildman–Crippen MR) is 148 cm³/mol. The van der Waals surface area contributed by atoms with Gasteiger partial charge in [0, 0.05) is 4.47 Å². The Balaban J connectivity index is 1.99. The molecule has 0 aromatic heterocycles. The topological polar surface area (TPSA) is 93.1 Å². The molecule has 1 aliphatic carbocycles. The summed E-state index contributed by atoms with van der Waals surface area (Å²) in [5, 5.41) is 20.1. The molecule has 0 spiro atoms. The summed E-state index contributed by atoms with van der Waals surface area (Å²) < 4.78 is 11.6. The fourth-order valence-corrected chi connectivity index (χ4v) is 5.93. The molecule has 4 aromatic carbocycles. The largest absolute Gasteiger partial charge is 0.496 e. The zero-order valence-corrected chi connectivity index (χ0v) is 22.6. The van der Waals surface area contributed by atoms with Crippen LogP contribution >= 0.6 is 15.9 Å². The Kier molecular flexibility index (Phi) is 6.49. The summed E-state index contributed by atoms with van der Waals surface area (Å²) in [4.78, 5) is 24.6. The van der Waals surface area contributed by atoms with Crippen LogP contribution in [0.2, 0.25) is 0 Å². The number of aromatic carboxylic acids is 2. The summed E-state index contributed by atoms with van der Waals surface area (Å²) in [6.45, 7) is 2.08. The van der Waals surface area contributed by atoms with Gasteiger partial charge in [0.05, 0.1) is 19.6 Å². The molecule has 38 heavy (non-hydrogen) atoms. The van der Waals surface area contributed by atoms with E-state index in [1.165, 1.54) is 14.2 Å². The number of halogens is 1. The van der Waals surface area contributed by atoms with Crippen molar-refractivity contribution in [1.29, 1.82) is 0 Å². The van der Waals surface area contributed by atoms with Crippen LogP contribution in [0.3, 0.4) is 0 Å². The van der Waals surface area contributed by atoms with Gasteiger partial charge in [0.25, 0.3) is 0 Å². The number of benzene rings is 4. The van der Waals surface area contributed by atoms with Crippen LogP contribution in [0, 0.1) is 0 Å². The second-order valence-corrected chi connectivity index (χ2v) is 10.0. The van der Waals surface area contributed by atoms with Crippen LogP contribution in [0.4, 0.5) is 0 Å². The second-order valence-electron chi connectivity index (χ2n) is 9.11. The highest BCUT2D eigenvalue weighted by atomic mass is 79.9. The normalized spacial score (nSPS) is 12.9. The van der Waals surface area contributed by atoms with Crippen LogP contribution in [-0.4, -0.2) is 36.4 Å². The number of rotatable bonds is 7. The molecule has 0 radical (unpaired) electrons. The lowest BCUT2D eigenvalue weighted by atomic mass is 9.67. The van der Waals surface area contributed by atoms with E-state index in [0.29, 0.717) is 11.1 Å². The monoisotopic (exact) mass is 572 g/mol. The maximum absolute atomic E-state index is 12.3. The van der Waals surface area contributed by atoms with Crippen molar-refractivity contribution in [3.8, 4) is 22.6 Å². The molecule has 0 amide bonds. The number of hydrogen-bond acceptors (Lipinski definition) is 4. The number of hydrogen-bond donors (Lipinski definition) is 2. The van der Waals surface area contributed by atoms with Gasteiger partial charge in [-0.1, -0.05) is 59.3 Å². The number of ether oxygens (including phenoxy) is 2. The van der Waals surface area contributed by atoms with E-state index in [1.54, 1.807) is 24.3 Å². The zero-order valence-electron chi connectivity index (χ0n) is 21.0. The number of carbonyl (C=O) groups is 2. The molecule has 0 bridgehead atoms. The third-order valence-electron chi connectivity index (χ3n) is 7.30. The first-order valence-corrected chi connectivity index (χ1v) is 12.8. The summed E-state index contributed by atoms with van der Waals surface area (Å²) in [6.07, 6.45) is 0.801. The Bertz CT molecular complexity index is 1540. The van der Waals surface area contributed by atoms with E-state index in [0.717, 1.165) is 38.7 Å². The van der Waals surface area contributed by atoms with Crippen LogP contribution in [-0.2, 0) is 11.8 Å². The van der Waals surface area contributed by atoms with E-state index in [2.05, 4.69) is 41.1 Å². The van der Waals surface area contributed by atoms with Crippen LogP contribution in [0.25, 0.3) is 11.1 Å². The molecule has 0 fully saturated rings. The van der Waals surface area contributed by atoms with Gasteiger partial charge in [0.15, 0.2) is 0 Å². The minimum absolute atomic E-state index is 0.0213. The third-order valence-corrected chi connectivity index (χ3v) is 7.79. The van der Waals surface area contributed by atoms with Crippen LogP contribution < -0.4 is 9.47 Å². The average molecular weight is 573 g/mol. The minimum atomic E-state index is -1.12. The highest BCUT2D eigenvalue weighted by molar-refractivity contribution is 9.10. The lowest BCUT2D eigenvalue weighted by molar-refractivity contribution is 0.0682. The molecule has 6 nitrogen and oxygen atoms in total. The summed E-state index contributed by atoms with van der Waals surface area (Å²) in [5.41, 5.74) is 5.38. The standard InChI is InChI=1S/C31H25BrO6/c1-4-17-5-9-21-22-10-8-20(32)16-26(22)31(25(21)13-17,18-6-11-27(37-2)23(14-18)29(33)34)19-7-12-28(38-3)24(15-19)30(35)36/h5-16H,4H2,1-3H3,(H,33,34)(H,35,36). The predicted octanol–water partition coefficient (Wildman–Crippen LogP) is 6.79. The van der Waals surface area contributed by atoms with E-state index >= 15 is 0 Å². The first-order valence-electron chi connectivity index (χ1n) is 12.0. The van der Waals surface area contributed by atoms with Crippen molar-refractivity contribution in [2.24, 2.45) is 0 Å². The summed E-state index contributed by atoms with van der Waals surface area (Å²) in [7, 11) is 2.87. The van der Waals surface area contributed by atoms with E-state index in [1.807, 2.05) is 30.3 Å². The SMILES string of the molecule is CCc1ccc2c(c1)C(c1ccc(OC)c(C(=O)O)c1)(c1ccc(OC)c(C(=O)O)c1)c1cc(Br)ccc1-2. The smallest absolute Gasteiger partial charge is 0.339 e. The molecule has 4 aromatic rings. The first-order chi connectivity index (χ1) is 18.3. The van der Waals surface area contributed by atoms with Gasteiger partial charge in [-0.15, -0.1) is 0 Å². The molecule has 1 aliphatic rings. The van der Waals surface area contributed by atoms with Gasteiger partial charge < -0.3 is 19.7 Å². The number of methoxy groups -OCH3 is 2. The Morgan fingerprint density at radius 3 is 1.71 bits per heavy atom. The van der Waals surface area contributed by atoms with Crippen LogP contribution in [0.15, 0.2) is 77.3 Å². The van der Waals surface area contributed by atoms with Crippen LogP contribution in [0.1, 0.15) is 55.5 Å². The Morgan fingerprint density at radius 2 is 1.24 bits per heavy atom. The summed E-state index contributed by atoms with van der Waals surface area (Å²) in [6, 6.07) is 22.6. The fraction of sp³-hybridized carbons (Fsp3) is 0.161. The Morgan fingerprint density at radius 1 is 0.737 bits per heavy atom. The maximum atomic E-state index is 12.3. The molecule has 192 valence electrons. The molecule has 0 saturated heterocycles. The van der Waals surface area contributed by atoms with Crippen molar-refractivity contribution in [3.63, 3.8) is 0 Å². The van der Waals surface area contributed by atoms with Gasteiger partial charge in [-0.05, 0) is 81.8 Å². The van der Waals surface area contributed by atoms with Crippen molar-refractivity contribution in [3.05, 3.63) is 116 Å². The van der Waals surface area contributed by atoms with Gasteiger partial charge in [-0.3, -0.25) is 0 Å². The molecule has 5 rings (SSSR count). The summed E-state index contributed by atoms with van der Waals surface area (Å²) >= 11 is 3.63. The highest BCUT2D eigenvalue weighted by Crippen LogP contribution is 2.57. The van der Waals surface area contributed by atoms with Gasteiger partial charge in [-0.2, -0.15) is 0 Å². The van der Waals surface area contributed by atoms with Crippen molar-refractivity contribution in [1.82, 2.24) is 0 Å². The van der Waals surface area contributed by atoms with E-state index < -0.39 is 17.4 Å². The van der Waals surface area contributed by atoms with Crippen molar-refractivity contribution >= 4 is 27.9 Å². The lowest BCUT2D eigenvalue weighted by Gasteiger charge is -2.35. The van der Waals surface area contributed by atoms with Crippen molar-refractivity contribution in [2.45, 2.75) is 18.8 Å². The highest BCUT2D eigenvalue weighted by Gasteiger charge is 2.47. The number of fused-ring (bicyclic) bond motifs is 3. The second kappa shape index (κ2) is 9.65. The molecule has 7 heteroatoms. The fourth-order valence-electron chi connectivity index (χ4n) is 5.57. The van der Waals surface area contributed by atoms with E-state index in [-0.39, 0.29) is 22.6 Å². The lowest BCUT2D eigenvalue weighted by Crippen LogP contribution is -2.29. The van der Waals surface area contributed by atoms with Gasteiger partial charge in [0.2, 0.25) is 0 Å². The minimum Gasteiger partial charge on any atom is -0.496 e. The molecule has 2 N–H and O–H groups in total. The molecule has 0 unspecified atom stereocenters. The van der Waals surface area contributed by atoms with Crippen molar-refractivity contribution in [2.75, 3.05) is 14.2 Å².